The highest BCUT2D eigenvalue weighted by molar-refractivity contribution is 9.10. The highest BCUT2D eigenvalue weighted by atomic mass is 79.9. The Kier molecular flexibility index (Phi) is 7.53. The summed E-state index contributed by atoms with van der Waals surface area (Å²) < 4.78 is 17.2. The third-order valence-electron chi connectivity index (χ3n) is 3.89. The summed E-state index contributed by atoms with van der Waals surface area (Å²) in [4.78, 5) is 14.6. The van der Waals surface area contributed by atoms with E-state index in [1.54, 1.807) is 25.5 Å². The molecule has 0 saturated heterocycles. The summed E-state index contributed by atoms with van der Waals surface area (Å²) in [5.41, 5.74) is 0.495. The Morgan fingerprint density at radius 1 is 1.38 bits per heavy atom. The van der Waals surface area contributed by atoms with Crippen LogP contribution in [-0.4, -0.2) is 45.2 Å². The van der Waals surface area contributed by atoms with Gasteiger partial charge in [0, 0.05) is 12.1 Å². The van der Waals surface area contributed by atoms with E-state index >= 15 is 0 Å². The Hall–Kier alpha value is -1.99. The first-order valence-electron chi connectivity index (χ1n) is 8.46. The monoisotopic (exact) mass is 424 g/mol. The maximum Gasteiger partial charge on any atom is 0.251 e. The van der Waals surface area contributed by atoms with Crippen molar-refractivity contribution in [3.8, 4) is 11.5 Å². The third kappa shape index (κ3) is 5.02. The Morgan fingerprint density at radius 3 is 2.73 bits per heavy atom. The van der Waals surface area contributed by atoms with Crippen LogP contribution < -0.4 is 14.8 Å². The fourth-order valence-electron chi connectivity index (χ4n) is 2.51. The predicted molar refractivity (Wildman–Crippen MR) is 104 cm³/mol. The summed E-state index contributed by atoms with van der Waals surface area (Å²) in [5.74, 6) is 1.74. The molecular formula is C19H25BrN2O4. The summed E-state index contributed by atoms with van der Waals surface area (Å²) in [6.07, 6.45) is 2.52. The van der Waals surface area contributed by atoms with E-state index in [4.69, 9.17) is 13.9 Å². The lowest BCUT2D eigenvalue weighted by Crippen LogP contribution is -2.34. The average Bonchev–Trinajstić information content (AvgIpc) is 3.14. The second kappa shape index (κ2) is 9.64. The number of nitrogens with one attached hydrogen (secondary N) is 1. The molecule has 1 aromatic heterocycles. The molecule has 0 radical (unpaired) electrons. The van der Waals surface area contributed by atoms with Crippen LogP contribution >= 0.6 is 15.9 Å². The number of nitrogens with zero attached hydrogens (tertiary/aromatic N) is 1. The zero-order valence-corrected chi connectivity index (χ0v) is 17.1. The van der Waals surface area contributed by atoms with E-state index in [0.29, 0.717) is 34.7 Å². The lowest BCUT2D eigenvalue weighted by Gasteiger charge is -2.22. The van der Waals surface area contributed by atoms with Crippen molar-refractivity contribution in [1.29, 1.82) is 0 Å². The van der Waals surface area contributed by atoms with Crippen molar-refractivity contribution in [2.45, 2.75) is 19.4 Å². The second-order valence-electron chi connectivity index (χ2n) is 6.04. The van der Waals surface area contributed by atoms with E-state index in [2.05, 4.69) is 21.2 Å². The van der Waals surface area contributed by atoms with Gasteiger partial charge in [-0.05, 0) is 60.7 Å². The molecule has 6 nitrogen and oxygen atoms in total. The molecule has 142 valence electrons. The number of methoxy groups -OCH3 is 1. The van der Waals surface area contributed by atoms with Gasteiger partial charge >= 0.3 is 0 Å². The Bertz CT molecular complexity index is 717. The van der Waals surface area contributed by atoms with E-state index in [0.717, 1.165) is 12.2 Å². The molecule has 1 N–H and O–H groups in total. The van der Waals surface area contributed by atoms with Gasteiger partial charge in [-0.3, -0.25) is 9.69 Å². The van der Waals surface area contributed by atoms with Crippen LogP contribution in [0.2, 0.25) is 0 Å². The number of furan rings is 1. The van der Waals surface area contributed by atoms with E-state index in [1.165, 1.54) is 0 Å². The molecule has 0 bridgehead atoms. The minimum atomic E-state index is -0.190. The van der Waals surface area contributed by atoms with Gasteiger partial charge in [0.1, 0.15) is 5.76 Å². The normalized spacial score (nSPS) is 12.1. The summed E-state index contributed by atoms with van der Waals surface area (Å²) in [5, 5.41) is 2.95. The van der Waals surface area contributed by atoms with Crippen molar-refractivity contribution < 1.29 is 18.7 Å². The van der Waals surface area contributed by atoms with Crippen LogP contribution in [0, 0.1) is 0 Å². The smallest absolute Gasteiger partial charge is 0.251 e. The average molecular weight is 425 g/mol. The number of benzene rings is 1. The largest absolute Gasteiger partial charge is 0.493 e. The quantitative estimate of drug-likeness (QED) is 0.661. The van der Waals surface area contributed by atoms with E-state index in [9.17, 15) is 4.79 Å². The molecule has 0 saturated carbocycles. The Morgan fingerprint density at radius 2 is 2.15 bits per heavy atom. The van der Waals surface area contributed by atoms with Gasteiger partial charge in [0.05, 0.1) is 30.5 Å². The van der Waals surface area contributed by atoms with E-state index < -0.39 is 0 Å². The van der Waals surface area contributed by atoms with Crippen molar-refractivity contribution >= 4 is 21.8 Å². The molecule has 0 fully saturated rings. The number of carbonyl (C=O) groups is 1. The van der Waals surface area contributed by atoms with Crippen LogP contribution in [0.4, 0.5) is 0 Å². The Labute approximate surface area is 162 Å². The van der Waals surface area contributed by atoms with Crippen molar-refractivity contribution in [1.82, 2.24) is 10.2 Å². The molecule has 0 aliphatic rings. The van der Waals surface area contributed by atoms with Gasteiger partial charge < -0.3 is 19.2 Å². The molecule has 1 unspecified atom stereocenters. The standard InChI is InChI=1S/C19H25BrN2O4/c1-5-8-26-18-14(20)10-13(11-17(18)24-4)19(23)21-12-15(22(2)3)16-7-6-9-25-16/h6-7,9-11,15H,5,8,12H2,1-4H3,(H,21,23). The van der Waals surface area contributed by atoms with Gasteiger partial charge in [-0.1, -0.05) is 6.92 Å². The molecular weight excluding hydrogens is 400 g/mol. The van der Waals surface area contributed by atoms with Gasteiger partial charge in [-0.2, -0.15) is 0 Å². The van der Waals surface area contributed by atoms with Crippen LogP contribution in [0.1, 0.15) is 35.5 Å². The van der Waals surface area contributed by atoms with Crippen LogP contribution in [0.5, 0.6) is 11.5 Å². The molecule has 1 atom stereocenters. The molecule has 0 spiro atoms. The number of rotatable bonds is 9. The van der Waals surface area contributed by atoms with Crippen LogP contribution in [-0.2, 0) is 0 Å². The molecule has 7 heteroatoms. The number of likely N-dealkylation sites (N-methyl/N-ethyl adjacent to an activating group) is 1. The first-order valence-corrected chi connectivity index (χ1v) is 9.25. The number of hydrogen-bond donors (Lipinski definition) is 1. The van der Waals surface area contributed by atoms with Gasteiger partial charge in [0.25, 0.3) is 5.91 Å². The van der Waals surface area contributed by atoms with E-state index in [1.807, 2.05) is 38.1 Å². The number of amides is 1. The summed E-state index contributed by atoms with van der Waals surface area (Å²) in [7, 11) is 5.44. The highest BCUT2D eigenvalue weighted by Gasteiger charge is 2.20. The first kappa shape index (κ1) is 20.3. The maximum absolute atomic E-state index is 12.6. The maximum atomic E-state index is 12.6. The van der Waals surface area contributed by atoms with Crippen molar-refractivity contribution in [3.05, 3.63) is 46.3 Å². The molecule has 2 rings (SSSR count). The number of hydrogen-bond acceptors (Lipinski definition) is 5. The lowest BCUT2D eigenvalue weighted by molar-refractivity contribution is 0.0938. The van der Waals surface area contributed by atoms with Crippen molar-refractivity contribution in [2.75, 3.05) is 34.4 Å². The van der Waals surface area contributed by atoms with E-state index in [-0.39, 0.29) is 11.9 Å². The molecule has 26 heavy (non-hydrogen) atoms. The van der Waals surface area contributed by atoms with Gasteiger partial charge in [-0.25, -0.2) is 0 Å². The lowest BCUT2D eigenvalue weighted by atomic mass is 10.1. The molecule has 1 heterocycles. The fourth-order valence-corrected chi connectivity index (χ4v) is 3.06. The number of carbonyl (C=O) groups excluding carboxylic acids is 1. The zero-order chi connectivity index (χ0) is 19.1. The van der Waals surface area contributed by atoms with Crippen molar-refractivity contribution in [3.63, 3.8) is 0 Å². The number of ether oxygens (including phenoxy) is 2. The molecule has 1 amide bonds. The SMILES string of the molecule is CCCOc1c(Br)cc(C(=O)NCC(c2ccco2)N(C)C)cc1OC. The van der Waals surface area contributed by atoms with Gasteiger partial charge in [-0.15, -0.1) is 0 Å². The minimum absolute atomic E-state index is 0.0496. The number of halogens is 1. The summed E-state index contributed by atoms with van der Waals surface area (Å²) in [6.45, 7) is 3.03. The second-order valence-corrected chi connectivity index (χ2v) is 6.90. The van der Waals surface area contributed by atoms with Gasteiger partial charge in [0.15, 0.2) is 11.5 Å². The van der Waals surface area contributed by atoms with Gasteiger partial charge in [0.2, 0.25) is 0 Å². The Balaban J connectivity index is 2.12. The van der Waals surface area contributed by atoms with Crippen LogP contribution in [0.25, 0.3) is 0 Å². The molecule has 1 aromatic carbocycles. The van der Waals surface area contributed by atoms with Crippen LogP contribution in [0.3, 0.4) is 0 Å². The zero-order valence-electron chi connectivity index (χ0n) is 15.5. The highest BCUT2D eigenvalue weighted by Crippen LogP contribution is 2.36. The third-order valence-corrected chi connectivity index (χ3v) is 4.48. The molecule has 2 aromatic rings. The minimum Gasteiger partial charge on any atom is -0.493 e. The first-order chi connectivity index (χ1) is 12.5. The fraction of sp³-hybridized carbons (Fsp3) is 0.421. The van der Waals surface area contributed by atoms with Crippen LogP contribution in [0.15, 0.2) is 39.4 Å². The topological polar surface area (TPSA) is 63.9 Å². The molecule has 0 aliphatic heterocycles. The van der Waals surface area contributed by atoms with Crippen molar-refractivity contribution in [2.24, 2.45) is 0 Å². The predicted octanol–water partition coefficient (Wildman–Crippen LogP) is 3.87. The summed E-state index contributed by atoms with van der Waals surface area (Å²) >= 11 is 3.46. The molecule has 0 aliphatic carbocycles. The summed E-state index contributed by atoms with van der Waals surface area (Å²) in [6, 6.07) is 7.11.